The van der Waals surface area contributed by atoms with Gasteiger partial charge in [-0.3, -0.25) is 4.79 Å². The fourth-order valence-electron chi connectivity index (χ4n) is 2.03. The van der Waals surface area contributed by atoms with Gasteiger partial charge in [-0.05, 0) is 47.6 Å². The molecule has 2 rings (SSSR count). The third-order valence-electron chi connectivity index (χ3n) is 2.98. The van der Waals surface area contributed by atoms with E-state index in [2.05, 4.69) is 32.6 Å². The molecule has 0 bridgehead atoms. The zero-order valence-corrected chi connectivity index (χ0v) is 12.8. The number of esters is 1. The van der Waals surface area contributed by atoms with Crippen LogP contribution in [0.2, 0.25) is 0 Å². The van der Waals surface area contributed by atoms with Crippen LogP contribution in [0.4, 0.5) is 0 Å². The Morgan fingerprint density at radius 2 is 2.42 bits per heavy atom. The maximum absolute atomic E-state index is 11.8. The number of nitrogens with zero attached hydrogens (tertiary/aromatic N) is 1. The SMILES string of the molecule is CCOC(=O)C(CN)Cc1c[nH]c2nccc(I)c12. The second-order valence-electron chi connectivity index (χ2n) is 4.22. The molecule has 2 aromatic heterocycles. The average Bonchev–Trinajstić information content (AvgIpc) is 2.80. The second kappa shape index (κ2) is 6.33. The van der Waals surface area contributed by atoms with Gasteiger partial charge in [0, 0.05) is 27.9 Å². The van der Waals surface area contributed by atoms with Gasteiger partial charge in [0.15, 0.2) is 0 Å². The molecule has 102 valence electrons. The summed E-state index contributed by atoms with van der Waals surface area (Å²) < 4.78 is 6.15. The molecule has 0 aliphatic carbocycles. The van der Waals surface area contributed by atoms with Crippen molar-refractivity contribution < 1.29 is 9.53 Å². The van der Waals surface area contributed by atoms with E-state index in [9.17, 15) is 4.79 Å². The van der Waals surface area contributed by atoms with E-state index in [1.807, 2.05) is 12.3 Å². The van der Waals surface area contributed by atoms with Crippen LogP contribution >= 0.6 is 22.6 Å². The van der Waals surface area contributed by atoms with E-state index in [1.54, 1.807) is 13.1 Å². The Hall–Kier alpha value is -1.15. The lowest BCUT2D eigenvalue weighted by atomic mass is 10.00. The Morgan fingerprint density at radius 3 is 3.11 bits per heavy atom. The van der Waals surface area contributed by atoms with Crippen molar-refractivity contribution >= 4 is 39.6 Å². The maximum atomic E-state index is 11.8. The number of H-pyrrole nitrogens is 1. The predicted molar refractivity (Wildman–Crippen MR) is 81.7 cm³/mol. The molecule has 6 heteroatoms. The van der Waals surface area contributed by atoms with Crippen molar-refractivity contribution in [2.24, 2.45) is 11.7 Å². The number of aromatic amines is 1. The number of carbonyl (C=O) groups excluding carboxylic acids is 1. The van der Waals surface area contributed by atoms with Crippen LogP contribution in [0.15, 0.2) is 18.5 Å². The summed E-state index contributed by atoms with van der Waals surface area (Å²) in [5.41, 5.74) is 7.56. The Labute approximate surface area is 125 Å². The van der Waals surface area contributed by atoms with Crippen molar-refractivity contribution in [1.29, 1.82) is 0 Å². The first-order valence-electron chi connectivity index (χ1n) is 6.14. The summed E-state index contributed by atoms with van der Waals surface area (Å²) in [7, 11) is 0. The third-order valence-corrected chi connectivity index (χ3v) is 3.87. The van der Waals surface area contributed by atoms with Gasteiger partial charge in [-0.15, -0.1) is 0 Å². The zero-order valence-electron chi connectivity index (χ0n) is 10.6. The summed E-state index contributed by atoms with van der Waals surface area (Å²) in [6.45, 7) is 2.45. The molecule has 0 radical (unpaired) electrons. The Balaban J connectivity index is 2.27. The van der Waals surface area contributed by atoms with Gasteiger partial charge in [0.05, 0.1) is 12.5 Å². The van der Waals surface area contributed by atoms with E-state index in [4.69, 9.17) is 10.5 Å². The number of aromatic nitrogens is 2. The fourth-order valence-corrected chi connectivity index (χ4v) is 2.79. The number of hydrogen-bond donors (Lipinski definition) is 2. The van der Waals surface area contributed by atoms with Crippen LogP contribution in [0, 0.1) is 9.49 Å². The Bertz CT molecular complexity index is 582. The first-order chi connectivity index (χ1) is 9.17. The molecule has 0 aliphatic heterocycles. The first-order valence-corrected chi connectivity index (χ1v) is 7.22. The molecular weight excluding hydrogens is 357 g/mol. The number of fused-ring (bicyclic) bond motifs is 1. The topological polar surface area (TPSA) is 81.0 Å². The van der Waals surface area contributed by atoms with E-state index in [-0.39, 0.29) is 18.4 Å². The molecule has 0 aliphatic rings. The van der Waals surface area contributed by atoms with Crippen molar-refractivity contribution in [3.05, 3.63) is 27.6 Å². The van der Waals surface area contributed by atoms with Crippen molar-refractivity contribution in [1.82, 2.24) is 9.97 Å². The normalized spacial score (nSPS) is 12.6. The molecule has 1 unspecified atom stereocenters. The molecule has 1 atom stereocenters. The molecule has 0 saturated carbocycles. The minimum atomic E-state index is -0.310. The average molecular weight is 373 g/mol. The van der Waals surface area contributed by atoms with Crippen LogP contribution in [0.5, 0.6) is 0 Å². The molecule has 0 aromatic carbocycles. The highest BCUT2D eigenvalue weighted by Crippen LogP contribution is 2.24. The summed E-state index contributed by atoms with van der Waals surface area (Å²) in [6, 6.07) is 1.95. The smallest absolute Gasteiger partial charge is 0.310 e. The summed E-state index contributed by atoms with van der Waals surface area (Å²) >= 11 is 2.27. The van der Waals surface area contributed by atoms with Gasteiger partial charge in [-0.2, -0.15) is 0 Å². The monoisotopic (exact) mass is 373 g/mol. The summed E-state index contributed by atoms with van der Waals surface area (Å²) in [4.78, 5) is 19.2. The Kier molecular flexibility index (Phi) is 4.76. The summed E-state index contributed by atoms with van der Waals surface area (Å²) in [6.07, 6.45) is 4.22. The quantitative estimate of drug-likeness (QED) is 0.619. The van der Waals surface area contributed by atoms with Gasteiger partial charge >= 0.3 is 5.97 Å². The highest BCUT2D eigenvalue weighted by atomic mass is 127. The molecule has 0 amide bonds. The van der Waals surface area contributed by atoms with Crippen LogP contribution in [0.25, 0.3) is 11.0 Å². The molecule has 0 fully saturated rings. The van der Waals surface area contributed by atoms with E-state index in [1.165, 1.54) is 0 Å². The van der Waals surface area contributed by atoms with Gasteiger partial charge < -0.3 is 15.5 Å². The number of halogens is 1. The number of ether oxygens (including phenoxy) is 1. The highest BCUT2D eigenvalue weighted by molar-refractivity contribution is 14.1. The van der Waals surface area contributed by atoms with Crippen LogP contribution in [-0.2, 0) is 16.0 Å². The lowest BCUT2D eigenvalue weighted by molar-refractivity contribution is -0.147. The number of hydrogen-bond acceptors (Lipinski definition) is 4. The van der Waals surface area contributed by atoms with Crippen LogP contribution in [-0.4, -0.2) is 29.1 Å². The number of carbonyl (C=O) groups is 1. The molecule has 2 aromatic rings. The van der Waals surface area contributed by atoms with E-state index in [0.717, 1.165) is 20.2 Å². The van der Waals surface area contributed by atoms with Crippen molar-refractivity contribution in [3.63, 3.8) is 0 Å². The first kappa shape index (κ1) is 14.3. The lowest BCUT2D eigenvalue weighted by Crippen LogP contribution is -2.27. The Morgan fingerprint density at radius 1 is 1.63 bits per heavy atom. The van der Waals surface area contributed by atoms with Gasteiger partial charge in [-0.25, -0.2) is 4.98 Å². The third kappa shape index (κ3) is 3.06. The van der Waals surface area contributed by atoms with E-state index in [0.29, 0.717) is 13.0 Å². The molecule has 2 heterocycles. The van der Waals surface area contributed by atoms with Crippen molar-refractivity contribution in [2.75, 3.05) is 13.2 Å². The minimum Gasteiger partial charge on any atom is -0.466 e. The predicted octanol–water partition coefficient (Wildman–Crippen LogP) is 1.85. The molecule has 0 spiro atoms. The summed E-state index contributed by atoms with van der Waals surface area (Å²) in [5, 5.41) is 1.06. The lowest BCUT2D eigenvalue weighted by Gasteiger charge is -2.12. The summed E-state index contributed by atoms with van der Waals surface area (Å²) in [5.74, 6) is -0.548. The molecule has 0 saturated heterocycles. The number of rotatable bonds is 5. The number of nitrogens with two attached hydrogens (primary N) is 1. The van der Waals surface area contributed by atoms with Gasteiger partial charge in [0.1, 0.15) is 5.65 Å². The van der Waals surface area contributed by atoms with Gasteiger partial charge in [0.2, 0.25) is 0 Å². The molecule has 3 N–H and O–H groups in total. The van der Waals surface area contributed by atoms with Gasteiger partial charge in [-0.1, -0.05) is 0 Å². The standard InChI is InChI=1S/C13H16IN3O2/c1-2-19-13(18)8(6-15)5-9-7-17-12-11(9)10(14)3-4-16-12/h3-4,7-8H,2,5-6,15H2,1H3,(H,16,17). The minimum absolute atomic E-state index is 0.238. The van der Waals surface area contributed by atoms with Gasteiger partial charge in [0.25, 0.3) is 0 Å². The number of pyridine rings is 1. The van der Waals surface area contributed by atoms with E-state index >= 15 is 0 Å². The zero-order chi connectivity index (χ0) is 13.8. The van der Waals surface area contributed by atoms with Crippen LogP contribution < -0.4 is 5.73 Å². The molecule has 5 nitrogen and oxygen atoms in total. The largest absolute Gasteiger partial charge is 0.466 e. The van der Waals surface area contributed by atoms with Crippen molar-refractivity contribution in [3.8, 4) is 0 Å². The number of nitrogens with one attached hydrogen (secondary N) is 1. The van der Waals surface area contributed by atoms with E-state index < -0.39 is 0 Å². The maximum Gasteiger partial charge on any atom is 0.310 e. The fraction of sp³-hybridized carbons (Fsp3) is 0.385. The van der Waals surface area contributed by atoms with Crippen LogP contribution in [0.3, 0.4) is 0 Å². The van der Waals surface area contributed by atoms with Crippen LogP contribution in [0.1, 0.15) is 12.5 Å². The molecule has 19 heavy (non-hydrogen) atoms. The molecular formula is C13H16IN3O2. The second-order valence-corrected chi connectivity index (χ2v) is 5.38. The highest BCUT2D eigenvalue weighted by Gasteiger charge is 2.21. The van der Waals surface area contributed by atoms with Crippen molar-refractivity contribution in [2.45, 2.75) is 13.3 Å².